The topological polar surface area (TPSA) is 108 Å². The Morgan fingerprint density at radius 1 is 0.593 bits per heavy atom. The normalized spacial score (nSPS) is 14.5. The van der Waals surface area contributed by atoms with Crippen LogP contribution in [0.25, 0.3) is 0 Å². The van der Waals surface area contributed by atoms with Crippen molar-refractivity contribution in [3.63, 3.8) is 0 Å². The van der Waals surface area contributed by atoms with Gasteiger partial charge in [0.2, 0.25) is 5.91 Å². The van der Waals surface area contributed by atoms with Crippen LogP contribution in [0, 0.1) is 0 Å². The van der Waals surface area contributed by atoms with Crippen molar-refractivity contribution in [1.29, 1.82) is 0 Å². The first kappa shape index (κ1) is 57.7. The van der Waals surface area contributed by atoms with Gasteiger partial charge >= 0.3 is 0 Å². The van der Waals surface area contributed by atoms with Crippen LogP contribution in [0.4, 0.5) is 0 Å². The maximum Gasteiger partial charge on any atom is 0.268 e. The molecule has 0 aliphatic heterocycles. The zero-order valence-electron chi connectivity index (χ0n) is 39.5. The molecule has 0 heterocycles. The highest BCUT2D eigenvalue weighted by Gasteiger charge is 2.24. The molecular formula is C50H97N2O6P. The van der Waals surface area contributed by atoms with E-state index in [0.29, 0.717) is 23.9 Å². The van der Waals surface area contributed by atoms with Crippen LogP contribution in [-0.2, 0) is 18.4 Å². The lowest BCUT2D eigenvalue weighted by molar-refractivity contribution is -0.870. The molecule has 0 radical (unpaired) electrons. The number of allylic oxidation sites excluding steroid dienone is 6. The minimum Gasteiger partial charge on any atom is -0.756 e. The molecule has 0 aromatic rings. The Morgan fingerprint density at radius 3 is 1.42 bits per heavy atom. The number of hydrogen-bond donors (Lipinski definition) is 2. The number of aliphatic hydroxyl groups is 1. The van der Waals surface area contributed by atoms with E-state index in [-0.39, 0.29) is 19.1 Å². The Balaban J connectivity index is 4.27. The third-order valence-electron chi connectivity index (χ3n) is 11.1. The second-order valence-electron chi connectivity index (χ2n) is 18.2. The number of rotatable bonds is 45. The summed E-state index contributed by atoms with van der Waals surface area (Å²) in [4.78, 5) is 25.4. The van der Waals surface area contributed by atoms with E-state index in [2.05, 4.69) is 55.6 Å². The fourth-order valence-corrected chi connectivity index (χ4v) is 7.89. The van der Waals surface area contributed by atoms with Crippen LogP contribution in [0.5, 0.6) is 0 Å². The first-order valence-electron chi connectivity index (χ1n) is 24.8. The molecule has 9 heteroatoms. The molecule has 0 aromatic heterocycles. The van der Waals surface area contributed by atoms with Crippen molar-refractivity contribution < 1.29 is 32.9 Å². The van der Waals surface area contributed by atoms with E-state index in [1.165, 1.54) is 141 Å². The summed E-state index contributed by atoms with van der Waals surface area (Å²) in [6, 6.07) is -0.804. The van der Waals surface area contributed by atoms with Crippen LogP contribution in [0.1, 0.15) is 226 Å². The number of phosphoric ester groups is 1. The molecule has 3 atom stereocenters. The average Bonchev–Trinajstić information content (AvgIpc) is 3.19. The molecule has 0 saturated carbocycles. The molecule has 0 spiro atoms. The van der Waals surface area contributed by atoms with Gasteiger partial charge in [0.25, 0.3) is 7.82 Å². The lowest BCUT2D eigenvalue weighted by Crippen LogP contribution is -2.46. The molecule has 8 nitrogen and oxygen atoms in total. The first-order valence-corrected chi connectivity index (χ1v) is 26.3. The maximum atomic E-state index is 12.9. The third-order valence-corrected chi connectivity index (χ3v) is 12.1. The van der Waals surface area contributed by atoms with Crippen LogP contribution < -0.4 is 10.2 Å². The molecule has 0 rings (SSSR count). The summed E-state index contributed by atoms with van der Waals surface area (Å²) in [5.41, 5.74) is 0. The zero-order valence-corrected chi connectivity index (χ0v) is 40.4. The molecule has 1 amide bonds. The van der Waals surface area contributed by atoms with Gasteiger partial charge in [-0.05, 0) is 51.4 Å². The highest BCUT2D eigenvalue weighted by molar-refractivity contribution is 7.45. The number of nitrogens with zero attached hydrogens (tertiary/aromatic N) is 1. The minimum atomic E-state index is -4.57. The number of hydrogen-bond acceptors (Lipinski definition) is 6. The average molecular weight is 853 g/mol. The van der Waals surface area contributed by atoms with E-state index in [9.17, 15) is 19.4 Å². The lowest BCUT2D eigenvalue weighted by Gasteiger charge is -2.30. The molecule has 0 aromatic carbocycles. The number of carbonyl (C=O) groups is 1. The molecular weight excluding hydrogens is 756 g/mol. The van der Waals surface area contributed by atoms with Crippen LogP contribution in [0.15, 0.2) is 36.5 Å². The van der Waals surface area contributed by atoms with Gasteiger partial charge < -0.3 is 28.8 Å². The highest BCUT2D eigenvalue weighted by atomic mass is 31.2. The molecule has 0 saturated heterocycles. The zero-order chi connectivity index (χ0) is 43.6. The SMILES string of the molecule is CCCCCCC/C=C\C/C=C\C/C=C\CCCCCCCCCCC(=O)NC(COP(=O)([O-])OCC[N+](C)(C)C)C(O)CCCCCCCCCCCCCCCC. The van der Waals surface area contributed by atoms with Gasteiger partial charge in [0.15, 0.2) is 0 Å². The number of nitrogens with one attached hydrogen (secondary N) is 1. The lowest BCUT2D eigenvalue weighted by atomic mass is 10.0. The minimum absolute atomic E-state index is 0.0102. The van der Waals surface area contributed by atoms with E-state index in [4.69, 9.17) is 9.05 Å². The molecule has 3 unspecified atom stereocenters. The molecule has 0 aliphatic rings. The molecule has 348 valence electrons. The summed E-state index contributed by atoms with van der Waals surface area (Å²) < 4.78 is 23.3. The Hall–Kier alpha value is -1.28. The van der Waals surface area contributed by atoms with Crippen LogP contribution >= 0.6 is 7.82 Å². The van der Waals surface area contributed by atoms with Crippen molar-refractivity contribution in [2.24, 2.45) is 0 Å². The van der Waals surface area contributed by atoms with Crippen molar-refractivity contribution in [1.82, 2.24) is 5.32 Å². The van der Waals surface area contributed by atoms with Gasteiger partial charge in [-0.1, -0.05) is 204 Å². The van der Waals surface area contributed by atoms with Crippen LogP contribution in [0.2, 0.25) is 0 Å². The van der Waals surface area contributed by atoms with E-state index in [0.717, 1.165) is 57.8 Å². The van der Waals surface area contributed by atoms with Gasteiger partial charge in [-0.25, -0.2) is 0 Å². The van der Waals surface area contributed by atoms with Crippen molar-refractivity contribution in [3.05, 3.63) is 36.5 Å². The standard InChI is InChI=1S/C50H97N2O6P/c1-6-8-10-12-14-16-18-20-22-23-24-25-26-27-28-29-30-32-34-36-38-40-42-44-50(54)51-48(47-58-59(55,56)57-46-45-52(3,4)5)49(53)43-41-39-37-35-33-31-21-19-17-15-13-11-9-7-2/h18,20,23-24,26-27,48-49,53H,6-17,19,21-22,25,28-47H2,1-5H3,(H-,51,54,55,56)/b20-18-,24-23-,27-26-. The summed E-state index contributed by atoms with van der Waals surface area (Å²) in [5, 5.41) is 13.9. The van der Waals surface area contributed by atoms with Crippen molar-refractivity contribution in [2.45, 2.75) is 238 Å². The Labute approximate surface area is 366 Å². The smallest absolute Gasteiger partial charge is 0.268 e. The molecule has 0 bridgehead atoms. The quantitative estimate of drug-likeness (QED) is 0.0273. The predicted molar refractivity (Wildman–Crippen MR) is 251 cm³/mol. The number of likely N-dealkylation sites (N-methyl/N-ethyl adjacent to an activating group) is 1. The summed E-state index contributed by atoms with van der Waals surface area (Å²) in [5.74, 6) is -0.172. The summed E-state index contributed by atoms with van der Waals surface area (Å²) in [6.45, 7) is 4.71. The van der Waals surface area contributed by atoms with Crippen LogP contribution in [-0.4, -0.2) is 68.5 Å². The largest absolute Gasteiger partial charge is 0.756 e. The Bertz CT molecular complexity index is 1060. The highest BCUT2D eigenvalue weighted by Crippen LogP contribution is 2.38. The van der Waals surface area contributed by atoms with E-state index in [1.54, 1.807) is 0 Å². The fourth-order valence-electron chi connectivity index (χ4n) is 7.16. The fraction of sp³-hybridized carbons (Fsp3) is 0.860. The van der Waals surface area contributed by atoms with Gasteiger partial charge in [-0.15, -0.1) is 0 Å². The van der Waals surface area contributed by atoms with Crippen molar-refractivity contribution >= 4 is 13.7 Å². The number of carbonyl (C=O) groups excluding carboxylic acids is 1. The maximum absolute atomic E-state index is 12.9. The van der Waals surface area contributed by atoms with Crippen molar-refractivity contribution in [3.8, 4) is 0 Å². The number of quaternary nitrogens is 1. The summed E-state index contributed by atoms with van der Waals surface area (Å²) in [6.07, 6.45) is 51.5. The number of amides is 1. The van der Waals surface area contributed by atoms with Gasteiger partial charge in [0.05, 0.1) is 39.9 Å². The van der Waals surface area contributed by atoms with E-state index in [1.807, 2.05) is 21.1 Å². The van der Waals surface area contributed by atoms with Gasteiger partial charge in [0, 0.05) is 6.42 Å². The second-order valence-corrected chi connectivity index (χ2v) is 19.6. The van der Waals surface area contributed by atoms with Crippen molar-refractivity contribution in [2.75, 3.05) is 40.9 Å². The molecule has 2 N–H and O–H groups in total. The predicted octanol–water partition coefficient (Wildman–Crippen LogP) is 13.6. The third kappa shape index (κ3) is 44.6. The summed E-state index contributed by atoms with van der Waals surface area (Å²) in [7, 11) is 1.30. The summed E-state index contributed by atoms with van der Waals surface area (Å²) >= 11 is 0. The molecule has 0 fully saturated rings. The van der Waals surface area contributed by atoms with Crippen LogP contribution in [0.3, 0.4) is 0 Å². The molecule has 59 heavy (non-hydrogen) atoms. The van der Waals surface area contributed by atoms with E-state index < -0.39 is 20.0 Å². The second kappa shape index (κ2) is 42.0. The number of phosphoric acid groups is 1. The Morgan fingerprint density at radius 2 is 0.983 bits per heavy atom. The number of aliphatic hydroxyl groups excluding tert-OH is 1. The first-order chi connectivity index (χ1) is 28.5. The monoisotopic (exact) mass is 853 g/mol. The van der Waals surface area contributed by atoms with E-state index >= 15 is 0 Å². The van der Waals surface area contributed by atoms with Gasteiger partial charge in [0.1, 0.15) is 13.2 Å². The van der Waals surface area contributed by atoms with Gasteiger partial charge in [-0.2, -0.15) is 0 Å². The number of unbranched alkanes of at least 4 members (excludes halogenated alkanes) is 26. The Kier molecular flexibility index (Phi) is 41.1. The molecule has 0 aliphatic carbocycles. The van der Waals surface area contributed by atoms with Gasteiger partial charge in [-0.3, -0.25) is 9.36 Å².